The number of carbonyl (C=O) groups is 3. The molecule has 0 saturated carbocycles. The second-order valence-electron chi connectivity index (χ2n) is 15.3. The van der Waals surface area contributed by atoms with Gasteiger partial charge in [0, 0.05) is 19.3 Å². The molecule has 0 aromatic carbocycles. The Bertz CT molecular complexity index is 987. The van der Waals surface area contributed by atoms with E-state index in [4.69, 9.17) is 23.5 Å². The van der Waals surface area contributed by atoms with Crippen molar-refractivity contribution in [2.45, 2.75) is 244 Å². The van der Waals surface area contributed by atoms with Crippen molar-refractivity contribution in [2.24, 2.45) is 0 Å². The molecule has 1 aliphatic rings. The zero-order chi connectivity index (χ0) is 39.7. The number of hydrogen-bond donors (Lipinski definition) is 2. The van der Waals surface area contributed by atoms with Crippen LogP contribution in [0.4, 0.5) is 0 Å². The number of phosphoric ester groups is 1. The van der Waals surface area contributed by atoms with Crippen LogP contribution in [0.2, 0.25) is 0 Å². The molecule has 0 aromatic rings. The molecule has 12 heteroatoms. The molecule has 0 spiro atoms. The van der Waals surface area contributed by atoms with Crippen LogP contribution in [0.1, 0.15) is 220 Å². The first-order chi connectivity index (χ1) is 26.1. The zero-order valence-corrected chi connectivity index (χ0v) is 35.3. The SMILES string of the molecule is CCCCCCCCCCCC(=O)OC1C[C@@H](OC(=O)CCCCCCCCCCC)[C@H](OC(=O)CCCCCCCCCCC)[C@@H](COP(=O)(O)O)O1. The molecule has 11 nitrogen and oxygen atoms in total. The van der Waals surface area contributed by atoms with Crippen LogP contribution in [-0.4, -0.2) is 58.9 Å². The van der Waals surface area contributed by atoms with E-state index in [9.17, 15) is 28.7 Å². The van der Waals surface area contributed by atoms with Crippen molar-refractivity contribution in [3.63, 3.8) is 0 Å². The Balaban J connectivity index is 2.82. The standard InChI is InChI=1S/C42H79O11P/c1-4-7-10-13-16-19-22-25-28-31-38(43)50-36-34-41(52-39(44)32-29-26-23-20-17-14-11-8-5-2)51-37(35-49-54(46,47)48)42(36)53-40(45)33-30-27-24-21-18-15-12-9-6-3/h36-37,41-42H,4-35H2,1-3H3,(H2,46,47,48)/t36-,37-,41?,42+/m1/s1. The molecule has 1 rings (SSSR count). The quantitative estimate of drug-likeness (QED) is 0.0269. The summed E-state index contributed by atoms with van der Waals surface area (Å²) in [4.78, 5) is 57.9. The fourth-order valence-corrected chi connectivity index (χ4v) is 7.26. The van der Waals surface area contributed by atoms with Gasteiger partial charge in [-0.3, -0.25) is 18.9 Å². The lowest BCUT2D eigenvalue weighted by Crippen LogP contribution is -2.54. The molecule has 0 amide bonds. The molecular weight excluding hydrogens is 711 g/mol. The van der Waals surface area contributed by atoms with E-state index in [0.29, 0.717) is 19.3 Å². The zero-order valence-electron chi connectivity index (χ0n) is 34.5. The summed E-state index contributed by atoms with van der Waals surface area (Å²) >= 11 is 0. The average Bonchev–Trinajstić information content (AvgIpc) is 3.12. The lowest BCUT2D eigenvalue weighted by molar-refractivity contribution is -0.259. The van der Waals surface area contributed by atoms with Crippen molar-refractivity contribution in [2.75, 3.05) is 6.61 Å². The first-order valence-electron chi connectivity index (χ1n) is 22.0. The number of hydrogen-bond acceptors (Lipinski definition) is 9. The highest BCUT2D eigenvalue weighted by atomic mass is 31.2. The van der Waals surface area contributed by atoms with Crippen LogP contribution in [-0.2, 0) is 42.4 Å². The molecule has 54 heavy (non-hydrogen) atoms. The fourth-order valence-electron chi connectivity index (χ4n) is 6.92. The van der Waals surface area contributed by atoms with Gasteiger partial charge in [0.05, 0.1) is 13.0 Å². The number of carbonyl (C=O) groups excluding carboxylic acids is 3. The minimum atomic E-state index is -4.93. The molecule has 1 unspecified atom stereocenters. The topological polar surface area (TPSA) is 155 Å². The lowest BCUT2D eigenvalue weighted by Gasteiger charge is -2.40. The second-order valence-corrected chi connectivity index (χ2v) is 16.6. The number of unbranched alkanes of at least 4 members (excludes halogenated alkanes) is 24. The lowest BCUT2D eigenvalue weighted by atomic mass is 10.0. The van der Waals surface area contributed by atoms with Crippen LogP contribution in [0.3, 0.4) is 0 Å². The normalized spacial score (nSPS) is 18.8. The van der Waals surface area contributed by atoms with Gasteiger partial charge in [0.25, 0.3) is 0 Å². The highest BCUT2D eigenvalue weighted by molar-refractivity contribution is 7.46. The Hall–Kier alpha value is -1.52. The highest BCUT2D eigenvalue weighted by Crippen LogP contribution is 2.38. The van der Waals surface area contributed by atoms with Crippen LogP contribution in [0, 0.1) is 0 Å². The van der Waals surface area contributed by atoms with E-state index < -0.39 is 56.9 Å². The van der Waals surface area contributed by atoms with Crippen LogP contribution < -0.4 is 0 Å². The van der Waals surface area contributed by atoms with Gasteiger partial charge < -0.3 is 28.7 Å². The summed E-state index contributed by atoms with van der Waals surface area (Å²) in [6.07, 6.45) is 25.4. The Kier molecular flexibility index (Phi) is 31.4. The summed E-state index contributed by atoms with van der Waals surface area (Å²) in [6.45, 7) is 5.95. The van der Waals surface area contributed by atoms with Gasteiger partial charge in [0.1, 0.15) is 12.2 Å². The summed E-state index contributed by atoms with van der Waals surface area (Å²) in [7, 11) is -4.93. The van der Waals surface area contributed by atoms with Gasteiger partial charge >= 0.3 is 25.7 Å². The van der Waals surface area contributed by atoms with Crippen molar-refractivity contribution < 1.29 is 52.2 Å². The first kappa shape index (κ1) is 50.5. The Labute approximate surface area is 328 Å². The molecule has 0 radical (unpaired) electrons. The summed E-state index contributed by atoms with van der Waals surface area (Å²) in [5.41, 5.74) is 0. The van der Waals surface area contributed by atoms with E-state index in [1.807, 2.05) is 0 Å². The number of phosphoric acid groups is 1. The number of rotatable bonds is 36. The van der Waals surface area contributed by atoms with Gasteiger partial charge in [-0.25, -0.2) is 4.57 Å². The smallest absolute Gasteiger partial charge is 0.458 e. The molecule has 0 aromatic heterocycles. The van der Waals surface area contributed by atoms with E-state index in [1.54, 1.807) is 0 Å². The number of ether oxygens (including phenoxy) is 4. The van der Waals surface area contributed by atoms with Gasteiger partial charge in [0.2, 0.25) is 6.29 Å². The van der Waals surface area contributed by atoms with Crippen LogP contribution in [0.25, 0.3) is 0 Å². The maximum atomic E-state index is 13.1. The molecule has 1 saturated heterocycles. The Morgan fingerprint density at radius 2 is 0.852 bits per heavy atom. The third kappa shape index (κ3) is 28.8. The predicted molar refractivity (Wildman–Crippen MR) is 213 cm³/mol. The molecule has 1 heterocycles. The summed E-state index contributed by atoms with van der Waals surface area (Å²) in [6, 6.07) is 0. The second kappa shape index (κ2) is 33.6. The van der Waals surface area contributed by atoms with E-state index in [0.717, 1.165) is 57.8 Å². The van der Waals surface area contributed by atoms with Gasteiger partial charge in [0.15, 0.2) is 6.10 Å². The van der Waals surface area contributed by atoms with E-state index in [-0.39, 0.29) is 25.7 Å². The van der Waals surface area contributed by atoms with Gasteiger partial charge in [-0.15, -0.1) is 0 Å². The summed E-state index contributed by atoms with van der Waals surface area (Å²) in [5, 5.41) is 0. The summed E-state index contributed by atoms with van der Waals surface area (Å²) < 4.78 is 39.7. The van der Waals surface area contributed by atoms with E-state index >= 15 is 0 Å². The summed E-state index contributed by atoms with van der Waals surface area (Å²) in [5.74, 6) is -1.47. The molecule has 2 N–H and O–H groups in total. The molecular formula is C42H79O11P. The van der Waals surface area contributed by atoms with Gasteiger partial charge in [-0.2, -0.15) is 0 Å². The van der Waals surface area contributed by atoms with Crippen molar-refractivity contribution >= 4 is 25.7 Å². The minimum Gasteiger partial charge on any atom is -0.458 e. The van der Waals surface area contributed by atoms with Gasteiger partial charge in [-0.1, -0.05) is 175 Å². The Morgan fingerprint density at radius 1 is 0.519 bits per heavy atom. The van der Waals surface area contributed by atoms with Crippen LogP contribution in [0.15, 0.2) is 0 Å². The van der Waals surface area contributed by atoms with Crippen molar-refractivity contribution in [1.29, 1.82) is 0 Å². The van der Waals surface area contributed by atoms with E-state index in [2.05, 4.69) is 20.8 Å². The molecule has 0 aliphatic carbocycles. The van der Waals surface area contributed by atoms with Crippen molar-refractivity contribution in [1.82, 2.24) is 0 Å². The predicted octanol–water partition coefficient (Wildman–Crippen LogP) is 11.3. The third-order valence-corrected chi connectivity index (χ3v) is 10.6. The molecule has 0 bridgehead atoms. The van der Waals surface area contributed by atoms with Gasteiger partial charge in [-0.05, 0) is 19.3 Å². The van der Waals surface area contributed by atoms with Crippen LogP contribution >= 0.6 is 7.82 Å². The van der Waals surface area contributed by atoms with Crippen molar-refractivity contribution in [3.8, 4) is 0 Å². The largest absolute Gasteiger partial charge is 0.469 e. The molecule has 318 valence electrons. The van der Waals surface area contributed by atoms with Crippen LogP contribution in [0.5, 0.6) is 0 Å². The number of esters is 3. The van der Waals surface area contributed by atoms with E-state index in [1.165, 1.54) is 96.3 Å². The van der Waals surface area contributed by atoms with Crippen molar-refractivity contribution in [3.05, 3.63) is 0 Å². The maximum absolute atomic E-state index is 13.1. The molecule has 4 atom stereocenters. The Morgan fingerprint density at radius 3 is 1.22 bits per heavy atom. The fraction of sp³-hybridized carbons (Fsp3) is 0.929. The molecule has 1 fully saturated rings. The average molecular weight is 791 g/mol. The molecule has 1 aliphatic heterocycles. The monoisotopic (exact) mass is 791 g/mol. The highest BCUT2D eigenvalue weighted by Gasteiger charge is 2.45. The minimum absolute atomic E-state index is 0.0740. The first-order valence-corrected chi connectivity index (χ1v) is 23.6. The third-order valence-electron chi connectivity index (χ3n) is 10.2. The maximum Gasteiger partial charge on any atom is 0.469 e.